The fourth-order valence-electron chi connectivity index (χ4n) is 4.13. The molecule has 0 spiro atoms. The lowest BCUT2D eigenvalue weighted by molar-refractivity contribution is -0.0503. The number of aliphatic hydroxyl groups excluding tert-OH is 1. The summed E-state index contributed by atoms with van der Waals surface area (Å²) in [4.78, 5) is 0. The highest BCUT2D eigenvalue weighted by atomic mass is 19.1. The number of ether oxygens (including phenoxy) is 2. The lowest BCUT2D eigenvalue weighted by atomic mass is 10.0. The van der Waals surface area contributed by atoms with E-state index in [-0.39, 0.29) is 18.8 Å². The van der Waals surface area contributed by atoms with Gasteiger partial charge < -0.3 is 14.6 Å². The average molecular weight is 478 g/mol. The topological polar surface area (TPSA) is 62.5 Å². The molecule has 1 rings (SSSR count). The smallest absolute Gasteiger partial charge is 0.124 e. The average Bonchev–Trinajstić information content (AvgIpc) is 2.84. The van der Waals surface area contributed by atoms with Gasteiger partial charge in [0.05, 0.1) is 31.5 Å². The van der Waals surface area contributed by atoms with Crippen LogP contribution in [-0.4, -0.2) is 31.0 Å². The maximum absolute atomic E-state index is 13.5. The van der Waals surface area contributed by atoms with Gasteiger partial charge >= 0.3 is 0 Å². The molecule has 0 aliphatic rings. The van der Waals surface area contributed by atoms with Crippen molar-refractivity contribution in [3.05, 3.63) is 35.1 Å². The van der Waals surface area contributed by atoms with E-state index in [1.807, 2.05) is 6.07 Å². The number of hydrogen-bond donors (Lipinski definition) is 1. The third-order valence-electron chi connectivity index (χ3n) is 6.22. The minimum Gasteiger partial charge on any atom is -0.394 e. The molecule has 5 heteroatoms. The summed E-state index contributed by atoms with van der Waals surface area (Å²) in [6, 6.07) is 6.05. The fraction of sp³-hybridized carbons (Fsp3) is 0.759. The van der Waals surface area contributed by atoms with E-state index >= 15 is 0 Å². The molecule has 4 nitrogen and oxygen atoms in total. The van der Waals surface area contributed by atoms with Crippen LogP contribution in [0.3, 0.4) is 0 Å². The summed E-state index contributed by atoms with van der Waals surface area (Å²) >= 11 is 0. The predicted molar refractivity (Wildman–Crippen MR) is 137 cm³/mol. The highest BCUT2D eigenvalue weighted by molar-refractivity contribution is 5.33. The summed E-state index contributed by atoms with van der Waals surface area (Å²) in [6.07, 6.45) is 21.0. The molecule has 0 saturated heterocycles. The zero-order valence-electron chi connectivity index (χ0n) is 21.5. The molecule has 34 heavy (non-hydrogen) atoms. The van der Waals surface area contributed by atoms with E-state index in [1.54, 1.807) is 6.07 Å². The number of aliphatic hydroxyl groups is 1. The van der Waals surface area contributed by atoms with Crippen LogP contribution in [0.2, 0.25) is 0 Å². The van der Waals surface area contributed by atoms with Gasteiger partial charge in [-0.3, -0.25) is 0 Å². The third kappa shape index (κ3) is 17.0. The minimum atomic E-state index is -0.460. The van der Waals surface area contributed by atoms with Crippen LogP contribution >= 0.6 is 0 Å². The first-order chi connectivity index (χ1) is 16.7. The molecule has 0 saturated carbocycles. The summed E-state index contributed by atoms with van der Waals surface area (Å²) < 4.78 is 24.7. The lowest BCUT2D eigenvalue weighted by Gasteiger charge is -2.16. The normalized spacial score (nSPS) is 12.1. The highest BCUT2D eigenvalue weighted by Crippen LogP contribution is 2.14. The van der Waals surface area contributed by atoms with Gasteiger partial charge in [0.1, 0.15) is 11.9 Å². The molecule has 1 aromatic carbocycles. The Hall–Kier alpha value is -1.48. The number of benzene rings is 1. The van der Waals surface area contributed by atoms with E-state index in [4.69, 9.17) is 14.7 Å². The van der Waals surface area contributed by atoms with E-state index in [2.05, 4.69) is 6.92 Å². The Morgan fingerprint density at radius 3 is 1.85 bits per heavy atom. The molecular weight excluding hydrogens is 429 g/mol. The SMILES string of the molecule is CCCCCCCCCCCCCCCCCCOC[C@H](CO)OCc1cc(F)cc(C#N)c1. The Morgan fingerprint density at radius 1 is 0.824 bits per heavy atom. The summed E-state index contributed by atoms with van der Waals surface area (Å²) in [5.74, 6) is -0.460. The lowest BCUT2D eigenvalue weighted by Crippen LogP contribution is -2.24. The van der Waals surface area contributed by atoms with Gasteiger partial charge in [-0.05, 0) is 30.2 Å². The molecule has 0 aliphatic heterocycles. The van der Waals surface area contributed by atoms with Crippen molar-refractivity contribution in [2.45, 2.75) is 122 Å². The quantitative estimate of drug-likeness (QED) is 0.163. The molecule has 0 heterocycles. The Bertz CT molecular complexity index is 647. The van der Waals surface area contributed by atoms with Gasteiger partial charge in [-0.25, -0.2) is 4.39 Å². The third-order valence-corrected chi connectivity index (χ3v) is 6.22. The predicted octanol–water partition coefficient (Wildman–Crippen LogP) is 7.85. The van der Waals surface area contributed by atoms with Crippen molar-refractivity contribution in [2.24, 2.45) is 0 Å². The molecule has 1 atom stereocenters. The van der Waals surface area contributed by atoms with Gasteiger partial charge in [0, 0.05) is 6.61 Å². The number of rotatable bonds is 23. The Labute approximate surface area is 207 Å². The summed E-state index contributed by atoms with van der Waals surface area (Å²) in [5.41, 5.74) is 0.840. The molecule has 0 unspecified atom stereocenters. The zero-order valence-corrected chi connectivity index (χ0v) is 21.5. The van der Waals surface area contributed by atoms with E-state index in [1.165, 1.54) is 108 Å². The van der Waals surface area contributed by atoms with Crippen LogP contribution in [-0.2, 0) is 16.1 Å². The first kappa shape index (κ1) is 30.6. The molecule has 0 aliphatic carbocycles. The largest absolute Gasteiger partial charge is 0.394 e. The van der Waals surface area contributed by atoms with Gasteiger partial charge in [-0.2, -0.15) is 5.26 Å². The van der Waals surface area contributed by atoms with Crippen LogP contribution in [0, 0.1) is 17.1 Å². The van der Waals surface area contributed by atoms with Crippen molar-refractivity contribution < 1.29 is 19.0 Å². The van der Waals surface area contributed by atoms with Crippen LogP contribution in [0.1, 0.15) is 121 Å². The van der Waals surface area contributed by atoms with Crippen LogP contribution in [0.15, 0.2) is 18.2 Å². The Morgan fingerprint density at radius 2 is 1.35 bits per heavy atom. The first-order valence-electron chi connectivity index (χ1n) is 13.7. The number of nitriles is 1. The molecular formula is C29H48FNO3. The van der Waals surface area contributed by atoms with Crippen molar-refractivity contribution in [1.82, 2.24) is 0 Å². The molecule has 0 aromatic heterocycles. The van der Waals surface area contributed by atoms with Gasteiger partial charge in [-0.1, -0.05) is 103 Å². The van der Waals surface area contributed by atoms with Gasteiger partial charge in [0.2, 0.25) is 0 Å². The number of hydrogen-bond acceptors (Lipinski definition) is 4. The maximum atomic E-state index is 13.5. The fourth-order valence-corrected chi connectivity index (χ4v) is 4.13. The van der Waals surface area contributed by atoms with Gasteiger partial charge in [0.25, 0.3) is 0 Å². The molecule has 0 fully saturated rings. The second-order valence-corrected chi connectivity index (χ2v) is 9.45. The molecule has 0 bridgehead atoms. The Balaban J connectivity index is 1.89. The van der Waals surface area contributed by atoms with Gasteiger partial charge in [-0.15, -0.1) is 0 Å². The summed E-state index contributed by atoms with van der Waals surface area (Å²) in [5, 5.41) is 18.4. The van der Waals surface area contributed by atoms with Crippen LogP contribution in [0.4, 0.5) is 4.39 Å². The molecule has 194 valence electrons. The second-order valence-electron chi connectivity index (χ2n) is 9.45. The van der Waals surface area contributed by atoms with Crippen molar-refractivity contribution in [2.75, 3.05) is 19.8 Å². The van der Waals surface area contributed by atoms with Crippen LogP contribution < -0.4 is 0 Å². The first-order valence-corrected chi connectivity index (χ1v) is 13.7. The molecule has 1 N–H and O–H groups in total. The number of halogens is 1. The molecule has 1 aromatic rings. The van der Waals surface area contributed by atoms with Gasteiger partial charge in [0.15, 0.2) is 0 Å². The second kappa shape index (κ2) is 22.0. The monoisotopic (exact) mass is 477 g/mol. The van der Waals surface area contributed by atoms with E-state index in [9.17, 15) is 9.50 Å². The minimum absolute atomic E-state index is 0.139. The highest BCUT2D eigenvalue weighted by Gasteiger charge is 2.09. The van der Waals surface area contributed by atoms with E-state index in [0.29, 0.717) is 18.8 Å². The van der Waals surface area contributed by atoms with Crippen LogP contribution in [0.5, 0.6) is 0 Å². The van der Waals surface area contributed by atoms with Crippen molar-refractivity contribution in [3.63, 3.8) is 0 Å². The van der Waals surface area contributed by atoms with Crippen molar-refractivity contribution >= 4 is 0 Å². The van der Waals surface area contributed by atoms with Crippen molar-refractivity contribution in [3.8, 4) is 6.07 Å². The zero-order chi connectivity index (χ0) is 24.7. The van der Waals surface area contributed by atoms with Crippen molar-refractivity contribution in [1.29, 1.82) is 5.26 Å². The number of unbranched alkanes of at least 4 members (excludes halogenated alkanes) is 15. The van der Waals surface area contributed by atoms with E-state index in [0.717, 1.165) is 6.42 Å². The summed E-state index contributed by atoms with van der Waals surface area (Å²) in [7, 11) is 0. The molecule has 0 radical (unpaired) electrons. The summed E-state index contributed by atoms with van der Waals surface area (Å²) in [6.45, 7) is 3.24. The maximum Gasteiger partial charge on any atom is 0.124 e. The standard InChI is InChI=1S/C29H48FNO3/c1-2-3-4-5-6-7-8-9-10-11-12-13-14-15-16-17-18-33-25-29(23-32)34-24-27-19-26(22-31)20-28(30)21-27/h19-21,29,32H,2-18,23-25H2,1H3/t29-/m0/s1. The van der Waals surface area contributed by atoms with Crippen LogP contribution in [0.25, 0.3) is 0 Å². The Kier molecular flexibility index (Phi) is 19.8. The number of nitrogens with zero attached hydrogens (tertiary/aromatic N) is 1. The molecule has 0 amide bonds. The van der Waals surface area contributed by atoms with E-state index < -0.39 is 11.9 Å².